The molecule has 0 spiro atoms. The molecule has 0 aliphatic heterocycles. The number of hydrogen-bond acceptors (Lipinski definition) is 22. The molecule has 6 aromatic rings. The Bertz CT molecular complexity index is 3370. The van der Waals surface area contributed by atoms with E-state index in [-0.39, 0.29) is 186 Å². The van der Waals surface area contributed by atoms with Gasteiger partial charge in [-0.25, -0.2) is 0 Å². The Balaban J connectivity index is -0.00000107. The van der Waals surface area contributed by atoms with Crippen LogP contribution in [0.15, 0.2) is 107 Å². The van der Waals surface area contributed by atoms with E-state index in [1.165, 1.54) is 89.1 Å². The number of nitrogens with zero attached hydrogens (tertiary/aromatic N) is 4. The fraction of sp³-hybridized carbons (Fsp3) is 0.379. The topological polar surface area (TPSA) is 387 Å². The zero-order valence-electron chi connectivity index (χ0n) is 50.0. The Morgan fingerprint density at radius 1 is 0.448 bits per heavy atom. The molecule has 87 heavy (non-hydrogen) atoms. The van der Waals surface area contributed by atoms with E-state index in [1.807, 2.05) is 41.5 Å². The molecule has 26 nitrogen and oxygen atoms in total. The van der Waals surface area contributed by atoms with Crippen LogP contribution in [0.1, 0.15) is 134 Å². The van der Waals surface area contributed by atoms with Crippen molar-refractivity contribution in [2.75, 3.05) is 35.0 Å². The van der Waals surface area contributed by atoms with Gasteiger partial charge in [0.2, 0.25) is 0 Å². The van der Waals surface area contributed by atoms with Gasteiger partial charge in [0.25, 0.3) is 0 Å². The molecule has 0 heterocycles. The predicted molar refractivity (Wildman–Crippen MR) is 324 cm³/mol. The van der Waals surface area contributed by atoms with Crippen molar-refractivity contribution in [2.24, 2.45) is 0 Å². The van der Waals surface area contributed by atoms with Gasteiger partial charge in [-0.1, -0.05) is 106 Å². The maximum absolute atomic E-state index is 12.5. The van der Waals surface area contributed by atoms with E-state index in [0.717, 1.165) is 23.3 Å². The second kappa shape index (κ2) is 38.1. The largest absolute Gasteiger partial charge is 1.00 e. The van der Waals surface area contributed by atoms with Crippen LogP contribution in [0, 0.1) is 54.3 Å². The predicted octanol–water partition coefficient (Wildman–Crippen LogP) is 10.6. The molecular formula is C58H79KN4O22S2. The van der Waals surface area contributed by atoms with Gasteiger partial charge in [0.1, 0.15) is 21.3 Å². The summed E-state index contributed by atoms with van der Waals surface area (Å²) in [5, 5.41) is 70.9. The first-order valence-corrected chi connectivity index (χ1v) is 28.0. The Morgan fingerprint density at radius 2 is 0.770 bits per heavy atom. The van der Waals surface area contributed by atoms with Gasteiger partial charge < -0.3 is 48.1 Å². The van der Waals surface area contributed by atoms with Crippen molar-refractivity contribution in [1.82, 2.24) is 0 Å². The molecule has 29 heteroatoms. The van der Waals surface area contributed by atoms with Gasteiger partial charge in [-0.3, -0.25) is 40.5 Å². The van der Waals surface area contributed by atoms with Crippen LogP contribution in [-0.2, 0) is 20.2 Å². The minimum Gasteiger partial charge on any atom is -0.870 e. The number of phenolic OH excluding ortho intramolecular Hbond substituents is 2. The summed E-state index contributed by atoms with van der Waals surface area (Å²) in [6.07, 6.45) is 0. The number of benzene rings is 6. The summed E-state index contributed by atoms with van der Waals surface area (Å²) in [4.78, 5) is 41.8. The minimum atomic E-state index is -4.11. The van der Waals surface area contributed by atoms with Gasteiger partial charge in [0.05, 0.1) is 71.4 Å². The molecule has 0 saturated heterocycles. The summed E-state index contributed by atoms with van der Waals surface area (Å²) >= 11 is 0. The van der Waals surface area contributed by atoms with Crippen LogP contribution in [0.3, 0.4) is 0 Å². The van der Waals surface area contributed by atoms with Crippen molar-refractivity contribution in [2.45, 2.75) is 124 Å². The number of aliphatic hydroxyl groups excluding tert-OH is 1. The Kier molecular flexibility index (Phi) is 36.8. The average molecular weight is 1290 g/mol. The molecule has 0 aliphatic rings. The maximum atomic E-state index is 12.5. The summed E-state index contributed by atoms with van der Waals surface area (Å²) in [6, 6.07) is 22.9. The fourth-order valence-electron chi connectivity index (χ4n) is 7.53. The van der Waals surface area contributed by atoms with Gasteiger partial charge in [-0.15, -0.1) is 0 Å². The third kappa shape index (κ3) is 23.4. The summed E-state index contributed by atoms with van der Waals surface area (Å²) in [5.74, 6) is -0.399. The number of aryl methyl sites for hydroxylation is 2. The van der Waals surface area contributed by atoms with Crippen molar-refractivity contribution in [3.8, 4) is 46.0 Å². The second-order valence-corrected chi connectivity index (χ2v) is 22.0. The molecule has 0 amide bonds. The molecule has 0 fully saturated rings. The molecule has 0 aliphatic carbocycles. The van der Waals surface area contributed by atoms with Crippen LogP contribution in [0.2, 0.25) is 0 Å². The first kappa shape index (κ1) is 84.0. The summed E-state index contributed by atoms with van der Waals surface area (Å²) < 4.78 is 80.3. The normalized spacial score (nSPS) is 10.3. The van der Waals surface area contributed by atoms with Crippen molar-refractivity contribution in [3.05, 3.63) is 171 Å². The van der Waals surface area contributed by atoms with Crippen molar-refractivity contribution in [3.63, 3.8) is 0 Å². The summed E-state index contributed by atoms with van der Waals surface area (Å²) in [6.45, 7) is 20.0. The first-order valence-electron chi connectivity index (χ1n) is 25.1. The number of aromatic hydroxyl groups is 2. The van der Waals surface area contributed by atoms with Gasteiger partial charge >= 0.3 is 94.4 Å². The summed E-state index contributed by atoms with van der Waals surface area (Å²) in [5.41, 5.74) is 2.38. The van der Waals surface area contributed by atoms with Gasteiger partial charge in [0, 0.05) is 17.7 Å². The molecule has 6 aromatic carbocycles. The number of hydrogen-bond donors (Lipinski definition) is 3. The minimum absolute atomic E-state index is 0. The van der Waals surface area contributed by atoms with E-state index in [2.05, 4.69) is 0 Å². The third-order valence-electron chi connectivity index (χ3n) is 11.6. The van der Waals surface area contributed by atoms with Gasteiger partial charge in [0.15, 0.2) is 34.5 Å². The van der Waals surface area contributed by atoms with Gasteiger partial charge in [-0.2, -0.15) is 16.8 Å². The zero-order valence-corrected chi connectivity index (χ0v) is 54.8. The number of aliphatic hydroxyl groups is 1. The fourth-order valence-corrected chi connectivity index (χ4v) is 9.43. The molecule has 0 bridgehead atoms. The molecule has 0 saturated carbocycles. The van der Waals surface area contributed by atoms with E-state index < -0.39 is 39.9 Å². The first-order chi connectivity index (χ1) is 38.7. The molecule has 0 aromatic heterocycles. The van der Waals surface area contributed by atoms with Crippen molar-refractivity contribution in [1.29, 1.82) is 0 Å². The van der Waals surface area contributed by atoms with E-state index in [9.17, 15) is 67.5 Å². The molecular weight excluding hydrogens is 1210 g/mol. The van der Waals surface area contributed by atoms with Crippen molar-refractivity contribution >= 4 is 43.0 Å². The molecule has 476 valence electrons. The smallest absolute Gasteiger partial charge is 0.870 e. The molecule has 4 N–H and O–H groups in total. The van der Waals surface area contributed by atoms with E-state index in [4.69, 9.17) is 32.4 Å². The summed E-state index contributed by atoms with van der Waals surface area (Å²) in [7, 11) is -2.86. The molecule has 0 radical (unpaired) electrons. The number of methoxy groups -OCH3 is 4. The van der Waals surface area contributed by atoms with Crippen LogP contribution in [0.4, 0.5) is 22.7 Å². The number of phenols is 2. The maximum Gasteiger partial charge on any atom is 1.00 e. The zero-order chi connectivity index (χ0) is 63.4. The molecule has 6 rings (SSSR count). The van der Waals surface area contributed by atoms with Crippen LogP contribution >= 0.6 is 0 Å². The quantitative estimate of drug-likeness (QED) is 0.0311. The van der Waals surface area contributed by atoms with Crippen molar-refractivity contribution < 1.29 is 136 Å². The molecule has 0 unspecified atom stereocenters. The van der Waals surface area contributed by atoms with E-state index in [0.29, 0.717) is 16.7 Å². The molecule has 0 atom stereocenters. The number of rotatable bonds is 18. The number of nitro groups is 4. The monoisotopic (exact) mass is 1290 g/mol. The van der Waals surface area contributed by atoms with Crippen LogP contribution in [-0.4, -0.2) is 92.4 Å². The Morgan fingerprint density at radius 3 is 1.10 bits per heavy atom. The Labute approximate surface area is 551 Å². The SMILES string of the molecule is C.C.CCO.COc1cc(C(C)C)c(O)cc1[N+](=O)[O-].COc1cc(C(C)C)c(OS(=O)(=O)c2ccc(C)cc2)cc1[N+](=O)[O-].COc1ccc(O)c(C(C)C)c1[N+](=O)[O-].COc1ccc(OS(=O)(=O)c2ccc(C)cc2)c(C(C)C)c1[N+](=O)[O-].[K+].[OH-]. The van der Waals surface area contributed by atoms with E-state index >= 15 is 0 Å². The number of nitro benzene ring substituents is 4. The van der Waals surface area contributed by atoms with E-state index in [1.54, 1.807) is 58.9 Å². The number of ether oxygens (including phenoxy) is 4. The van der Waals surface area contributed by atoms with Crippen LogP contribution < -0.4 is 78.7 Å². The average Bonchev–Trinajstić information content (AvgIpc) is 1.80. The second-order valence-electron chi connectivity index (χ2n) is 18.9. The van der Waals surface area contributed by atoms with Gasteiger partial charge in [-0.05, 0) is 105 Å². The Hall–Kier alpha value is -7.22. The standard InChI is InChI=1S/2C17H19NO6S.2C10H13NO4.C2H6O.2CH4.K.H2O/c1-11(2)14-9-17(23-4)15(18(19)20)10-16(14)24-25(21,22)13-7-5-12(3)6-8-13;1-11(2)16-14(9-10-15(23-4)17(16)18(19)20)24-25(21,22)13-7-5-12(3)6-8-13;1-6(2)7-4-10(15-3)8(11(13)14)5-9(7)12;1-6(2)9-7(12)4-5-8(15-3)10(9)11(13)14;1-2-3;;;;/h2*5-11H,1-4H3;2*4-6,12H,1-3H3;3H,2H2,1H3;2*1H4;;1H2/q;;;;;;;+1;/p-1. The van der Waals surface area contributed by atoms with Crippen LogP contribution in [0.5, 0.6) is 46.0 Å². The van der Waals surface area contributed by atoms with Crippen LogP contribution in [0.25, 0.3) is 0 Å². The third-order valence-corrected chi connectivity index (χ3v) is 14.0.